The van der Waals surface area contributed by atoms with Crippen molar-refractivity contribution >= 4 is 47.3 Å². The molecule has 0 bridgehead atoms. The van der Waals surface area contributed by atoms with Gasteiger partial charge in [0.1, 0.15) is 5.75 Å². The van der Waals surface area contributed by atoms with E-state index in [9.17, 15) is 14.6 Å². The number of hydrogen-bond donors (Lipinski definition) is 4. The molecule has 0 aliphatic carbocycles. The molecule has 31 heavy (non-hydrogen) atoms. The second-order valence-electron chi connectivity index (χ2n) is 8.19. The number of nitrogens with zero attached hydrogens (tertiary/aromatic N) is 1. The average Bonchev–Trinajstić information content (AvgIpc) is 2.70. The molecule has 0 unspecified atom stereocenters. The summed E-state index contributed by atoms with van der Waals surface area (Å²) in [6.45, 7) is 7.25. The molecule has 162 valence electrons. The molecule has 2 aromatic carbocycles. The molecule has 1 aliphatic rings. The Labute approximate surface area is 187 Å². The first-order chi connectivity index (χ1) is 14.5. The first-order valence-corrected chi connectivity index (χ1v) is 10.1. The van der Waals surface area contributed by atoms with E-state index in [1.165, 1.54) is 12.1 Å². The Hall–Kier alpha value is -3.11. The lowest BCUT2D eigenvalue weighted by atomic mass is 9.71. The van der Waals surface area contributed by atoms with Gasteiger partial charge in [-0.3, -0.25) is 15.0 Å². The number of hydrazine groups is 1. The summed E-state index contributed by atoms with van der Waals surface area (Å²) in [5.74, 6) is -0.230. The van der Waals surface area contributed by atoms with Crippen LogP contribution in [0, 0.1) is 6.92 Å². The third-order valence-electron chi connectivity index (χ3n) is 4.95. The van der Waals surface area contributed by atoms with E-state index in [0.29, 0.717) is 33.6 Å². The van der Waals surface area contributed by atoms with Gasteiger partial charge in [-0.1, -0.05) is 12.1 Å². The van der Waals surface area contributed by atoms with Gasteiger partial charge in [0.25, 0.3) is 11.8 Å². The number of carbonyl (C=O) groups excluding carboxylic acids is 2. The molecular weight excluding hydrogens is 415 g/mol. The fourth-order valence-corrected chi connectivity index (χ4v) is 3.51. The lowest BCUT2D eigenvalue weighted by Gasteiger charge is -2.36. The molecule has 10 heteroatoms. The maximum Gasteiger partial charge on any atom is 0.450 e. The van der Waals surface area contributed by atoms with E-state index in [4.69, 9.17) is 17.0 Å². The summed E-state index contributed by atoms with van der Waals surface area (Å²) in [5, 5.41) is 17.3. The maximum absolute atomic E-state index is 13.4. The van der Waals surface area contributed by atoms with Gasteiger partial charge in [-0.2, -0.15) is 0 Å². The zero-order valence-corrected chi connectivity index (χ0v) is 18.9. The van der Waals surface area contributed by atoms with E-state index in [2.05, 4.69) is 16.0 Å². The zero-order valence-electron chi connectivity index (χ0n) is 18.1. The summed E-state index contributed by atoms with van der Waals surface area (Å²) >= 11 is 5.08. The van der Waals surface area contributed by atoms with E-state index >= 15 is 0 Å². The minimum absolute atomic E-state index is 0.263. The Kier molecular flexibility index (Phi) is 6.24. The first kappa shape index (κ1) is 22.6. The fraction of sp³-hybridized carbons (Fsp3) is 0.286. The lowest BCUT2D eigenvalue weighted by molar-refractivity contribution is 0.0358. The monoisotopic (exact) mass is 440 g/mol. The molecule has 0 spiro atoms. The van der Waals surface area contributed by atoms with Crippen molar-refractivity contribution in [3.05, 3.63) is 53.1 Å². The van der Waals surface area contributed by atoms with Gasteiger partial charge in [-0.25, -0.2) is 5.01 Å². The SMILES string of the molecule is COc1cccc(C(=O)NN(C(=O)c2ccc3c(c2)NC(=S)NB3O)C(C)(C)C)c1C. The second kappa shape index (κ2) is 8.56. The highest BCUT2D eigenvalue weighted by atomic mass is 32.1. The summed E-state index contributed by atoms with van der Waals surface area (Å²) in [6, 6.07) is 10.0. The normalized spacial score (nSPS) is 13.0. The van der Waals surface area contributed by atoms with Gasteiger partial charge in [-0.15, -0.1) is 0 Å². The van der Waals surface area contributed by atoms with Gasteiger partial charge < -0.3 is 20.3 Å². The van der Waals surface area contributed by atoms with Crippen molar-refractivity contribution < 1.29 is 19.3 Å². The van der Waals surface area contributed by atoms with Crippen LogP contribution in [0.2, 0.25) is 0 Å². The highest BCUT2D eigenvalue weighted by Gasteiger charge is 2.32. The van der Waals surface area contributed by atoms with Crippen molar-refractivity contribution in [3.63, 3.8) is 0 Å². The molecule has 0 aromatic heterocycles. The average molecular weight is 440 g/mol. The first-order valence-electron chi connectivity index (χ1n) is 9.71. The largest absolute Gasteiger partial charge is 0.496 e. The predicted molar refractivity (Wildman–Crippen MR) is 125 cm³/mol. The molecule has 8 nitrogen and oxygen atoms in total. The lowest BCUT2D eigenvalue weighted by Crippen LogP contribution is -2.56. The highest BCUT2D eigenvalue weighted by molar-refractivity contribution is 7.80. The van der Waals surface area contributed by atoms with Crippen LogP contribution in [-0.2, 0) is 0 Å². The van der Waals surface area contributed by atoms with Crippen molar-refractivity contribution in [1.29, 1.82) is 0 Å². The third kappa shape index (κ3) is 4.65. The quantitative estimate of drug-likeness (QED) is 0.327. The fourth-order valence-electron chi connectivity index (χ4n) is 3.29. The molecule has 2 aromatic rings. The highest BCUT2D eigenvalue weighted by Crippen LogP contribution is 2.22. The van der Waals surface area contributed by atoms with Crippen molar-refractivity contribution in [2.45, 2.75) is 33.2 Å². The second-order valence-corrected chi connectivity index (χ2v) is 8.60. The van der Waals surface area contributed by atoms with E-state index in [-0.39, 0.29) is 5.11 Å². The molecule has 0 atom stereocenters. The standard InChI is InChI=1S/C21H25BN4O4S/c1-12-14(7-6-8-17(12)30-5)18(27)25-26(21(2,3)4)19(28)13-9-10-15-16(11-13)23-20(31)24-22(15)29/h6-11,29H,1-5H3,(H,25,27)(H2,23,24,31). The minimum Gasteiger partial charge on any atom is -0.496 e. The van der Waals surface area contributed by atoms with Gasteiger partial charge in [-0.05, 0) is 69.6 Å². The van der Waals surface area contributed by atoms with Crippen LogP contribution >= 0.6 is 12.2 Å². The van der Waals surface area contributed by atoms with E-state index in [0.717, 1.165) is 0 Å². The van der Waals surface area contributed by atoms with Gasteiger partial charge in [0.2, 0.25) is 0 Å². The molecule has 0 fully saturated rings. The number of nitrogens with one attached hydrogen (secondary N) is 3. The van der Waals surface area contributed by atoms with Crippen LogP contribution in [0.4, 0.5) is 5.69 Å². The number of ether oxygens (including phenoxy) is 1. The molecule has 3 rings (SSSR count). The van der Waals surface area contributed by atoms with Crippen molar-refractivity contribution in [2.75, 3.05) is 12.4 Å². The number of fused-ring (bicyclic) bond motifs is 1. The van der Waals surface area contributed by atoms with E-state index < -0.39 is 24.4 Å². The van der Waals surface area contributed by atoms with Crippen LogP contribution in [0.3, 0.4) is 0 Å². The van der Waals surface area contributed by atoms with Gasteiger partial charge in [0.15, 0.2) is 5.11 Å². The van der Waals surface area contributed by atoms with Crippen LogP contribution in [-0.4, -0.2) is 46.7 Å². The summed E-state index contributed by atoms with van der Waals surface area (Å²) < 4.78 is 5.29. The van der Waals surface area contributed by atoms with Crippen molar-refractivity contribution in [1.82, 2.24) is 15.7 Å². The minimum atomic E-state index is -0.956. The predicted octanol–water partition coefficient (Wildman–Crippen LogP) is 1.58. The number of thiocarbonyl (C=S) groups is 1. The summed E-state index contributed by atoms with van der Waals surface area (Å²) in [6.07, 6.45) is 0. The molecular formula is C21H25BN4O4S. The molecule has 1 aliphatic heterocycles. The van der Waals surface area contributed by atoms with Gasteiger partial charge in [0, 0.05) is 22.4 Å². The molecule has 4 N–H and O–H groups in total. The van der Waals surface area contributed by atoms with Gasteiger partial charge in [0.05, 0.1) is 12.6 Å². The summed E-state index contributed by atoms with van der Waals surface area (Å²) in [4.78, 5) is 26.4. The number of methoxy groups -OCH3 is 1. The molecule has 0 saturated heterocycles. The number of hydrogen-bond acceptors (Lipinski definition) is 5. The Bertz CT molecular complexity index is 1050. The van der Waals surface area contributed by atoms with Crippen LogP contribution < -0.4 is 26.2 Å². The number of amides is 2. The van der Waals surface area contributed by atoms with Gasteiger partial charge >= 0.3 is 7.05 Å². The van der Waals surface area contributed by atoms with E-state index in [1.54, 1.807) is 43.3 Å². The topological polar surface area (TPSA) is 103 Å². The third-order valence-corrected chi connectivity index (χ3v) is 5.17. The Morgan fingerprint density at radius 3 is 2.58 bits per heavy atom. The Morgan fingerprint density at radius 1 is 1.23 bits per heavy atom. The molecule has 1 heterocycles. The smallest absolute Gasteiger partial charge is 0.450 e. The maximum atomic E-state index is 13.4. The van der Waals surface area contributed by atoms with Crippen LogP contribution in [0.5, 0.6) is 5.75 Å². The Morgan fingerprint density at radius 2 is 1.94 bits per heavy atom. The van der Waals surface area contributed by atoms with Crippen LogP contribution in [0.15, 0.2) is 36.4 Å². The number of rotatable bonds is 3. The summed E-state index contributed by atoms with van der Waals surface area (Å²) in [7, 11) is 0.583. The van der Waals surface area contributed by atoms with Crippen LogP contribution in [0.25, 0.3) is 0 Å². The zero-order chi connectivity index (χ0) is 22.9. The van der Waals surface area contributed by atoms with Crippen molar-refractivity contribution in [3.8, 4) is 5.75 Å². The molecule has 0 radical (unpaired) electrons. The molecule has 2 amide bonds. The summed E-state index contributed by atoms with van der Waals surface area (Å²) in [5.41, 5.74) is 4.56. The Balaban J connectivity index is 1.92. The van der Waals surface area contributed by atoms with Crippen molar-refractivity contribution in [2.24, 2.45) is 0 Å². The molecule has 0 saturated carbocycles. The number of benzene rings is 2. The van der Waals surface area contributed by atoms with Crippen LogP contribution in [0.1, 0.15) is 47.1 Å². The van der Waals surface area contributed by atoms with E-state index in [1.807, 2.05) is 20.8 Å². The number of anilines is 1. The number of carbonyl (C=O) groups is 2.